The van der Waals surface area contributed by atoms with E-state index in [1.165, 1.54) is 0 Å². The fourth-order valence-electron chi connectivity index (χ4n) is 3.23. The van der Waals surface area contributed by atoms with E-state index in [4.69, 9.17) is 9.47 Å². The van der Waals surface area contributed by atoms with Crippen molar-refractivity contribution in [1.82, 2.24) is 15.5 Å². The number of carbonyl (C=O) groups is 2. The molecule has 2 rings (SSSR count). The van der Waals surface area contributed by atoms with Gasteiger partial charge in [-0.1, -0.05) is 50.2 Å². The van der Waals surface area contributed by atoms with Crippen molar-refractivity contribution in [3.63, 3.8) is 0 Å². The topological polar surface area (TPSA) is 79.9 Å². The molecule has 2 aromatic carbocycles. The van der Waals surface area contributed by atoms with Gasteiger partial charge in [0.05, 0.1) is 14.2 Å². The molecular weight excluding hydrogens is 394 g/mol. The van der Waals surface area contributed by atoms with Gasteiger partial charge in [0.25, 0.3) is 0 Å². The summed E-state index contributed by atoms with van der Waals surface area (Å²) in [7, 11) is 3.16. The van der Waals surface area contributed by atoms with Crippen molar-refractivity contribution < 1.29 is 19.1 Å². The Hall–Kier alpha value is -3.22. The molecule has 1 unspecified atom stereocenters. The van der Waals surface area contributed by atoms with E-state index < -0.39 is 6.04 Å². The number of benzene rings is 2. The lowest BCUT2D eigenvalue weighted by Crippen LogP contribution is -2.53. The molecule has 31 heavy (non-hydrogen) atoms. The molecule has 0 aliphatic heterocycles. The summed E-state index contributed by atoms with van der Waals surface area (Å²) in [5.41, 5.74) is 1.91. The predicted molar refractivity (Wildman–Crippen MR) is 121 cm³/mol. The van der Waals surface area contributed by atoms with Crippen LogP contribution in [-0.4, -0.2) is 43.6 Å². The number of methoxy groups -OCH3 is 2. The van der Waals surface area contributed by atoms with Gasteiger partial charge in [-0.15, -0.1) is 0 Å². The van der Waals surface area contributed by atoms with Gasteiger partial charge in [-0.3, -0.25) is 4.79 Å². The molecule has 0 bridgehead atoms. The predicted octanol–water partition coefficient (Wildman–Crippen LogP) is 3.58. The van der Waals surface area contributed by atoms with Crippen LogP contribution < -0.4 is 20.1 Å². The third-order valence-electron chi connectivity index (χ3n) is 5.03. The molecule has 0 aromatic heterocycles. The van der Waals surface area contributed by atoms with Crippen LogP contribution in [0, 0.1) is 5.92 Å². The van der Waals surface area contributed by atoms with Crippen LogP contribution in [0.1, 0.15) is 31.9 Å². The molecule has 3 amide bonds. The highest BCUT2D eigenvalue weighted by atomic mass is 16.5. The van der Waals surface area contributed by atoms with Gasteiger partial charge in [0, 0.05) is 19.6 Å². The lowest BCUT2D eigenvalue weighted by Gasteiger charge is -2.29. The molecule has 0 saturated carbocycles. The maximum absolute atomic E-state index is 13.2. The molecule has 0 fully saturated rings. The molecule has 168 valence electrons. The SMILES string of the molecule is CCN(Cc1ccc(OC)c(OC)c1)C(=O)C(NC(=O)NCc1ccccc1)C(C)C. The van der Waals surface area contributed by atoms with Crippen molar-refractivity contribution in [3.8, 4) is 11.5 Å². The lowest BCUT2D eigenvalue weighted by molar-refractivity contribution is -0.134. The number of hydrogen-bond donors (Lipinski definition) is 2. The number of carbonyl (C=O) groups excluding carboxylic acids is 2. The zero-order chi connectivity index (χ0) is 22.8. The molecule has 0 saturated heterocycles. The second kappa shape index (κ2) is 11.8. The first kappa shape index (κ1) is 24.1. The van der Waals surface area contributed by atoms with Gasteiger partial charge in [0.1, 0.15) is 6.04 Å². The first-order valence-electron chi connectivity index (χ1n) is 10.5. The average molecular weight is 428 g/mol. The fourth-order valence-corrected chi connectivity index (χ4v) is 3.23. The Labute approximate surface area is 184 Å². The molecule has 7 heteroatoms. The zero-order valence-corrected chi connectivity index (χ0v) is 19.0. The molecule has 0 aliphatic rings. The van der Waals surface area contributed by atoms with Crippen LogP contribution in [-0.2, 0) is 17.9 Å². The van der Waals surface area contributed by atoms with Crippen LogP contribution in [0.25, 0.3) is 0 Å². The number of urea groups is 1. The van der Waals surface area contributed by atoms with Gasteiger partial charge in [0.2, 0.25) is 5.91 Å². The number of nitrogens with one attached hydrogen (secondary N) is 2. The molecule has 0 aliphatic carbocycles. The van der Waals surface area contributed by atoms with E-state index >= 15 is 0 Å². The van der Waals surface area contributed by atoms with Crippen molar-refractivity contribution in [2.24, 2.45) is 5.92 Å². The quantitative estimate of drug-likeness (QED) is 0.607. The Kier molecular flexibility index (Phi) is 9.18. The summed E-state index contributed by atoms with van der Waals surface area (Å²) in [5, 5.41) is 5.66. The van der Waals surface area contributed by atoms with Crippen LogP contribution in [0.4, 0.5) is 4.79 Å². The largest absolute Gasteiger partial charge is 0.493 e. The number of hydrogen-bond acceptors (Lipinski definition) is 4. The zero-order valence-electron chi connectivity index (χ0n) is 19.0. The number of nitrogens with zero attached hydrogens (tertiary/aromatic N) is 1. The van der Waals surface area contributed by atoms with Gasteiger partial charge in [-0.2, -0.15) is 0 Å². The lowest BCUT2D eigenvalue weighted by atomic mass is 10.0. The fraction of sp³-hybridized carbons (Fsp3) is 0.417. The average Bonchev–Trinajstić information content (AvgIpc) is 2.79. The Balaban J connectivity index is 2.05. The summed E-state index contributed by atoms with van der Waals surface area (Å²) in [4.78, 5) is 27.4. The van der Waals surface area contributed by atoms with Crippen molar-refractivity contribution in [3.05, 3.63) is 59.7 Å². The highest BCUT2D eigenvalue weighted by Crippen LogP contribution is 2.28. The third-order valence-corrected chi connectivity index (χ3v) is 5.03. The molecule has 0 radical (unpaired) electrons. The third kappa shape index (κ3) is 6.91. The Morgan fingerprint density at radius 1 is 0.968 bits per heavy atom. The van der Waals surface area contributed by atoms with Gasteiger partial charge in [-0.05, 0) is 36.1 Å². The van der Waals surface area contributed by atoms with Crippen LogP contribution in [0.5, 0.6) is 11.5 Å². The van der Waals surface area contributed by atoms with E-state index in [0.29, 0.717) is 31.1 Å². The van der Waals surface area contributed by atoms with Crippen LogP contribution in [0.3, 0.4) is 0 Å². The minimum absolute atomic E-state index is 0.0607. The maximum Gasteiger partial charge on any atom is 0.315 e. The van der Waals surface area contributed by atoms with E-state index in [2.05, 4.69) is 10.6 Å². The molecule has 7 nitrogen and oxygen atoms in total. The van der Waals surface area contributed by atoms with Crippen molar-refractivity contribution in [2.45, 2.75) is 39.9 Å². The van der Waals surface area contributed by atoms with Crippen molar-refractivity contribution in [1.29, 1.82) is 0 Å². The highest BCUT2D eigenvalue weighted by Gasteiger charge is 2.28. The van der Waals surface area contributed by atoms with E-state index in [1.807, 2.05) is 69.3 Å². The number of rotatable bonds is 10. The molecule has 2 N–H and O–H groups in total. The summed E-state index contributed by atoms with van der Waals surface area (Å²) >= 11 is 0. The first-order chi connectivity index (χ1) is 14.9. The van der Waals surface area contributed by atoms with E-state index in [1.54, 1.807) is 19.1 Å². The van der Waals surface area contributed by atoms with Crippen molar-refractivity contribution >= 4 is 11.9 Å². The normalized spacial score (nSPS) is 11.5. The summed E-state index contributed by atoms with van der Waals surface area (Å²) < 4.78 is 10.6. The minimum Gasteiger partial charge on any atom is -0.493 e. The van der Waals surface area contributed by atoms with Crippen LogP contribution in [0.2, 0.25) is 0 Å². The molecule has 0 heterocycles. The number of amides is 3. The summed E-state index contributed by atoms with van der Waals surface area (Å²) in [6.45, 7) is 7.09. The monoisotopic (exact) mass is 427 g/mol. The van der Waals surface area contributed by atoms with Crippen LogP contribution >= 0.6 is 0 Å². The van der Waals surface area contributed by atoms with Gasteiger partial charge in [0.15, 0.2) is 11.5 Å². The van der Waals surface area contributed by atoms with Gasteiger partial charge < -0.3 is 25.0 Å². The summed E-state index contributed by atoms with van der Waals surface area (Å²) in [6, 6.07) is 14.2. The second-order valence-electron chi connectivity index (χ2n) is 7.58. The smallest absolute Gasteiger partial charge is 0.315 e. The van der Waals surface area contributed by atoms with E-state index in [-0.39, 0.29) is 17.9 Å². The Morgan fingerprint density at radius 2 is 1.65 bits per heavy atom. The minimum atomic E-state index is -0.629. The number of likely N-dealkylation sites (N-methyl/N-ethyl adjacent to an activating group) is 1. The standard InChI is InChI=1S/C24H33N3O4/c1-6-27(16-19-12-13-20(30-4)21(14-19)31-5)23(28)22(17(2)3)26-24(29)25-15-18-10-8-7-9-11-18/h7-14,17,22H,6,15-16H2,1-5H3,(H2,25,26,29). The Bertz CT molecular complexity index is 855. The molecule has 0 spiro atoms. The first-order valence-corrected chi connectivity index (χ1v) is 10.5. The molecule has 1 atom stereocenters. The van der Waals surface area contributed by atoms with Crippen LogP contribution in [0.15, 0.2) is 48.5 Å². The highest BCUT2D eigenvalue weighted by molar-refractivity contribution is 5.87. The van der Waals surface area contributed by atoms with Gasteiger partial charge >= 0.3 is 6.03 Å². The number of ether oxygens (including phenoxy) is 2. The molecule has 2 aromatic rings. The van der Waals surface area contributed by atoms with Gasteiger partial charge in [-0.25, -0.2) is 4.79 Å². The second-order valence-corrected chi connectivity index (χ2v) is 7.58. The maximum atomic E-state index is 13.2. The Morgan fingerprint density at radius 3 is 2.23 bits per heavy atom. The van der Waals surface area contributed by atoms with E-state index in [0.717, 1.165) is 11.1 Å². The summed E-state index contributed by atoms with van der Waals surface area (Å²) in [5.74, 6) is 1.07. The van der Waals surface area contributed by atoms with E-state index in [9.17, 15) is 9.59 Å². The summed E-state index contributed by atoms with van der Waals surface area (Å²) in [6.07, 6.45) is 0. The van der Waals surface area contributed by atoms with Crippen molar-refractivity contribution in [2.75, 3.05) is 20.8 Å². The molecular formula is C24H33N3O4.